The normalized spacial score (nSPS) is 11.0. The van der Waals surface area contributed by atoms with E-state index in [1.165, 1.54) is 5.56 Å². The third-order valence-electron chi connectivity index (χ3n) is 4.28. The molecule has 4 aromatic rings. The molecule has 0 aliphatic heterocycles. The van der Waals surface area contributed by atoms with Gasteiger partial charge >= 0.3 is 0 Å². The molecule has 6 nitrogen and oxygen atoms in total. The van der Waals surface area contributed by atoms with E-state index in [1.807, 2.05) is 30.3 Å². The maximum absolute atomic E-state index is 4.68. The molecule has 130 valence electrons. The largest absolute Gasteiger partial charge is 0.363 e. The molecule has 0 amide bonds. The first-order chi connectivity index (χ1) is 12.7. The van der Waals surface area contributed by atoms with E-state index in [2.05, 4.69) is 50.2 Å². The number of H-pyrrole nitrogens is 1. The fourth-order valence-electron chi connectivity index (χ4n) is 2.88. The summed E-state index contributed by atoms with van der Waals surface area (Å²) in [6.45, 7) is 4.73. The van der Waals surface area contributed by atoms with E-state index in [0.29, 0.717) is 12.4 Å². The van der Waals surface area contributed by atoms with Crippen molar-refractivity contribution in [1.82, 2.24) is 24.9 Å². The number of rotatable bonds is 5. The summed E-state index contributed by atoms with van der Waals surface area (Å²) in [5.74, 6) is 2.38. The highest BCUT2D eigenvalue weighted by Crippen LogP contribution is 2.19. The summed E-state index contributed by atoms with van der Waals surface area (Å²) in [5.41, 5.74) is 5.18. The van der Waals surface area contributed by atoms with Gasteiger partial charge in [-0.2, -0.15) is 0 Å². The van der Waals surface area contributed by atoms with Crippen molar-refractivity contribution in [2.24, 2.45) is 0 Å². The summed E-state index contributed by atoms with van der Waals surface area (Å²) < 4.78 is 0. The van der Waals surface area contributed by atoms with Gasteiger partial charge in [0.1, 0.15) is 11.6 Å². The molecule has 4 rings (SSSR count). The molecule has 26 heavy (non-hydrogen) atoms. The minimum atomic E-state index is 0.573. The van der Waals surface area contributed by atoms with Crippen molar-refractivity contribution in [2.45, 2.75) is 26.8 Å². The molecule has 0 bridgehead atoms. The molecule has 0 saturated carbocycles. The number of imidazole rings is 1. The number of aryl methyl sites for hydroxylation is 2. The van der Waals surface area contributed by atoms with E-state index in [9.17, 15) is 0 Å². The summed E-state index contributed by atoms with van der Waals surface area (Å²) in [7, 11) is 0. The van der Waals surface area contributed by atoms with Gasteiger partial charge in [-0.15, -0.1) is 0 Å². The molecule has 6 heteroatoms. The first-order valence-electron chi connectivity index (χ1n) is 8.69. The number of pyridine rings is 1. The number of anilines is 1. The van der Waals surface area contributed by atoms with Crippen molar-refractivity contribution in [3.05, 3.63) is 65.9 Å². The number of nitrogens with one attached hydrogen (secondary N) is 2. The number of hydrogen-bond donors (Lipinski definition) is 2. The second-order valence-electron chi connectivity index (χ2n) is 6.17. The van der Waals surface area contributed by atoms with Crippen LogP contribution in [-0.2, 0) is 13.0 Å². The van der Waals surface area contributed by atoms with Crippen LogP contribution in [-0.4, -0.2) is 24.9 Å². The highest BCUT2D eigenvalue weighted by molar-refractivity contribution is 5.78. The molecule has 0 aliphatic carbocycles. The minimum Gasteiger partial charge on any atom is -0.363 e. The van der Waals surface area contributed by atoms with Crippen LogP contribution in [0.4, 0.5) is 5.82 Å². The highest BCUT2D eigenvalue weighted by Gasteiger charge is 2.08. The number of para-hydroxylation sites is 1. The van der Waals surface area contributed by atoms with Crippen LogP contribution in [0.15, 0.2) is 48.8 Å². The summed E-state index contributed by atoms with van der Waals surface area (Å²) in [6, 6.07) is 12.0. The lowest BCUT2D eigenvalue weighted by Crippen LogP contribution is -2.06. The molecule has 0 radical (unpaired) electrons. The van der Waals surface area contributed by atoms with E-state index in [-0.39, 0.29) is 0 Å². The Morgan fingerprint density at radius 2 is 1.88 bits per heavy atom. The Kier molecular flexibility index (Phi) is 4.31. The van der Waals surface area contributed by atoms with Crippen LogP contribution >= 0.6 is 0 Å². The predicted molar refractivity (Wildman–Crippen MR) is 103 cm³/mol. The number of hydrogen-bond acceptors (Lipinski definition) is 5. The van der Waals surface area contributed by atoms with Crippen LogP contribution in [0.2, 0.25) is 0 Å². The Bertz CT molecular complexity index is 1040. The quantitative estimate of drug-likeness (QED) is 0.574. The number of aromatic amines is 1. The van der Waals surface area contributed by atoms with Crippen LogP contribution in [0.1, 0.15) is 24.0 Å². The van der Waals surface area contributed by atoms with Gasteiger partial charge in [0.2, 0.25) is 0 Å². The first-order valence-corrected chi connectivity index (χ1v) is 8.69. The van der Waals surface area contributed by atoms with Gasteiger partial charge in [-0.25, -0.2) is 15.0 Å². The molecule has 0 spiro atoms. The van der Waals surface area contributed by atoms with E-state index in [1.54, 1.807) is 12.4 Å². The lowest BCUT2D eigenvalue weighted by atomic mass is 10.2. The summed E-state index contributed by atoms with van der Waals surface area (Å²) in [5, 5.41) is 3.37. The highest BCUT2D eigenvalue weighted by atomic mass is 15.1. The zero-order valence-corrected chi connectivity index (χ0v) is 14.8. The van der Waals surface area contributed by atoms with Crippen molar-refractivity contribution in [2.75, 3.05) is 5.32 Å². The lowest BCUT2D eigenvalue weighted by Gasteiger charge is -2.08. The van der Waals surface area contributed by atoms with Gasteiger partial charge in [0.15, 0.2) is 5.82 Å². The molecular weight excluding hydrogens is 324 g/mol. The third kappa shape index (κ3) is 3.26. The fraction of sp³-hybridized carbons (Fsp3) is 0.200. The van der Waals surface area contributed by atoms with Gasteiger partial charge in [0.25, 0.3) is 0 Å². The molecular formula is C20H20N6. The Hall–Kier alpha value is -3.28. The molecule has 3 heterocycles. The van der Waals surface area contributed by atoms with Crippen molar-refractivity contribution < 1.29 is 0 Å². The zero-order chi connectivity index (χ0) is 17.9. The van der Waals surface area contributed by atoms with Gasteiger partial charge < -0.3 is 10.3 Å². The maximum Gasteiger partial charge on any atom is 0.161 e. The smallest absolute Gasteiger partial charge is 0.161 e. The summed E-state index contributed by atoms with van der Waals surface area (Å²) in [4.78, 5) is 21.4. The zero-order valence-electron chi connectivity index (χ0n) is 14.8. The molecule has 0 fully saturated rings. The van der Waals surface area contributed by atoms with Gasteiger partial charge in [-0.05, 0) is 37.1 Å². The average molecular weight is 344 g/mol. The van der Waals surface area contributed by atoms with E-state index < -0.39 is 0 Å². The molecule has 3 aromatic heterocycles. The van der Waals surface area contributed by atoms with Crippen molar-refractivity contribution >= 4 is 16.9 Å². The number of nitrogens with zero attached hydrogens (tertiary/aromatic N) is 4. The number of fused-ring (bicyclic) bond motifs is 1. The monoisotopic (exact) mass is 344 g/mol. The van der Waals surface area contributed by atoms with E-state index in [4.69, 9.17) is 0 Å². The third-order valence-corrected chi connectivity index (χ3v) is 4.28. The van der Waals surface area contributed by atoms with Gasteiger partial charge in [0.05, 0.1) is 17.6 Å². The van der Waals surface area contributed by atoms with Gasteiger partial charge in [-0.3, -0.25) is 4.98 Å². The minimum absolute atomic E-state index is 0.573. The number of benzene rings is 1. The van der Waals surface area contributed by atoms with Crippen LogP contribution in [0.3, 0.4) is 0 Å². The molecule has 0 unspecified atom stereocenters. The summed E-state index contributed by atoms with van der Waals surface area (Å²) >= 11 is 0. The SMILES string of the molecule is CCc1cc(NCc2nc3c(C)cccc3[nH]2)nc(-c2ccncc2)n1. The maximum atomic E-state index is 4.68. The topological polar surface area (TPSA) is 79.4 Å². The summed E-state index contributed by atoms with van der Waals surface area (Å²) in [6.07, 6.45) is 4.35. The Morgan fingerprint density at radius 3 is 2.65 bits per heavy atom. The second kappa shape index (κ2) is 6.92. The molecule has 0 saturated heterocycles. The van der Waals surface area contributed by atoms with Crippen LogP contribution in [0.25, 0.3) is 22.4 Å². The van der Waals surface area contributed by atoms with E-state index >= 15 is 0 Å². The van der Waals surface area contributed by atoms with Gasteiger partial charge in [0, 0.05) is 29.7 Å². The average Bonchev–Trinajstić information content (AvgIpc) is 3.11. The lowest BCUT2D eigenvalue weighted by molar-refractivity contribution is 0.967. The predicted octanol–water partition coefficient (Wildman–Crippen LogP) is 3.90. The fourth-order valence-corrected chi connectivity index (χ4v) is 2.88. The Labute approximate surface area is 151 Å². The number of aromatic nitrogens is 5. The van der Waals surface area contributed by atoms with E-state index in [0.717, 1.165) is 40.4 Å². The molecule has 2 N–H and O–H groups in total. The van der Waals surface area contributed by atoms with Gasteiger partial charge in [-0.1, -0.05) is 19.1 Å². The van der Waals surface area contributed by atoms with Crippen LogP contribution in [0, 0.1) is 6.92 Å². The standard InChI is InChI=1S/C20H20N6/c1-3-15-11-17(26-20(23-15)14-7-9-21-10-8-14)22-12-18-24-16-6-4-5-13(2)19(16)25-18/h4-11H,3,12H2,1-2H3,(H,24,25)(H,22,23,26). The van der Waals surface area contributed by atoms with Crippen LogP contribution < -0.4 is 5.32 Å². The molecule has 0 atom stereocenters. The second-order valence-corrected chi connectivity index (χ2v) is 6.17. The Balaban J connectivity index is 1.60. The first kappa shape index (κ1) is 16.2. The Morgan fingerprint density at radius 1 is 1.04 bits per heavy atom. The molecule has 0 aliphatic rings. The molecule has 1 aromatic carbocycles. The van der Waals surface area contributed by atoms with Crippen molar-refractivity contribution in [3.8, 4) is 11.4 Å². The van der Waals surface area contributed by atoms with Crippen molar-refractivity contribution in [3.63, 3.8) is 0 Å². The van der Waals surface area contributed by atoms with Crippen LogP contribution in [0.5, 0.6) is 0 Å². The van der Waals surface area contributed by atoms with Crippen molar-refractivity contribution in [1.29, 1.82) is 0 Å².